The molecule has 2 aromatic carbocycles. The number of aliphatic hydroxyl groups excluding tert-OH is 1. The van der Waals surface area contributed by atoms with Crippen molar-refractivity contribution < 1.29 is 23.0 Å². The van der Waals surface area contributed by atoms with Crippen LogP contribution in [-0.2, 0) is 18.1 Å². The predicted molar refractivity (Wildman–Crippen MR) is 109 cm³/mol. The van der Waals surface area contributed by atoms with E-state index in [1.54, 1.807) is 19.1 Å². The first-order chi connectivity index (χ1) is 14.1. The van der Waals surface area contributed by atoms with Crippen molar-refractivity contribution in [3.8, 4) is 16.3 Å². The van der Waals surface area contributed by atoms with E-state index in [1.165, 1.54) is 23.5 Å². The summed E-state index contributed by atoms with van der Waals surface area (Å²) in [6, 6.07) is 10.9. The molecule has 0 aliphatic carbocycles. The second-order valence-corrected chi connectivity index (χ2v) is 8.20. The first-order valence-corrected chi connectivity index (χ1v) is 10.1. The average Bonchev–Trinajstić information content (AvgIpc) is 3.20. The Balaban J connectivity index is 1.69. The molecule has 9 heteroatoms. The number of aliphatic hydroxyl groups is 1. The van der Waals surface area contributed by atoms with Crippen molar-refractivity contribution in [2.45, 2.75) is 32.0 Å². The van der Waals surface area contributed by atoms with Crippen LogP contribution < -0.4 is 10.5 Å². The maximum atomic E-state index is 13.1. The van der Waals surface area contributed by atoms with Gasteiger partial charge >= 0.3 is 6.18 Å². The van der Waals surface area contributed by atoms with Crippen molar-refractivity contribution in [3.05, 3.63) is 64.2 Å². The fourth-order valence-corrected chi connectivity index (χ4v) is 3.76. The third kappa shape index (κ3) is 4.97. The van der Waals surface area contributed by atoms with Crippen LogP contribution in [0.5, 0.6) is 5.75 Å². The summed E-state index contributed by atoms with van der Waals surface area (Å²) >= 11 is 1.30. The highest BCUT2D eigenvalue weighted by molar-refractivity contribution is 7.14. The number of halogens is 3. The number of hydrogen-bond acceptors (Lipinski definition) is 6. The zero-order valence-electron chi connectivity index (χ0n) is 16.5. The first-order valence-electron chi connectivity index (χ1n) is 9.24. The molecule has 1 heterocycles. The molecule has 5 nitrogen and oxygen atoms in total. The van der Waals surface area contributed by atoms with Gasteiger partial charge in [-0.15, -0.1) is 10.2 Å². The molecule has 1 aromatic heterocycles. The van der Waals surface area contributed by atoms with Gasteiger partial charge in [0.2, 0.25) is 0 Å². The topological polar surface area (TPSA) is 81.3 Å². The number of ether oxygens (including phenoxy) is 1. The second-order valence-electron chi connectivity index (χ2n) is 7.22. The zero-order chi connectivity index (χ0) is 21.9. The number of benzene rings is 2. The number of alkyl halides is 3. The molecule has 0 unspecified atom stereocenters. The lowest BCUT2D eigenvalue weighted by atomic mass is 10.0. The van der Waals surface area contributed by atoms with Gasteiger partial charge in [0.1, 0.15) is 15.8 Å². The van der Waals surface area contributed by atoms with Crippen LogP contribution in [-0.4, -0.2) is 28.5 Å². The van der Waals surface area contributed by atoms with Gasteiger partial charge in [0, 0.05) is 12.0 Å². The van der Waals surface area contributed by atoms with Crippen molar-refractivity contribution in [1.29, 1.82) is 0 Å². The molecule has 0 bridgehead atoms. The average molecular weight is 437 g/mol. The van der Waals surface area contributed by atoms with Gasteiger partial charge in [-0.25, -0.2) is 0 Å². The van der Waals surface area contributed by atoms with Crippen LogP contribution in [0.1, 0.15) is 28.6 Å². The fraction of sp³-hybridized carbons (Fsp3) is 0.333. The number of nitrogens with zero attached hydrogens (tertiary/aromatic N) is 2. The van der Waals surface area contributed by atoms with Gasteiger partial charge in [0.25, 0.3) is 0 Å². The molecule has 0 spiro atoms. The maximum Gasteiger partial charge on any atom is 0.416 e. The Hall–Kier alpha value is -2.49. The number of aryl methyl sites for hydroxylation is 1. The van der Waals surface area contributed by atoms with Gasteiger partial charge in [-0.2, -0.15) is 13.2 Å². The van der Waals surface area contributed by atoms with Crippen LogP contribution in [0.25, 0.3) is 10.6 Å². The van der Waals surface area contributed by atoms with Crippen molar-refractivity contribution in [2.75, 3.05) is 13.2 Å². The van der Waals surface area contributed by atoms with E-state index < -0.39 is 17.3 Å². The Labute approximate surface area is 176 Å². The first kappa shape index (κ1) is 22.2. The molecule has 0 saturated heterocycles. The van der Waals surface area contributed by atoms with E-state index in [2.05, 4.69) is 10.2 Å². The molecule has 0 aliphatic heterocycles. The van der Waals surface area contributed by atoms with Gasteiger partial charge in [-0.3, -0.25) is 0 Å². The summed E-state index contributed by atoms with van der Waals surface area (Å²) in [4.78, 5) is 0. The molecule has 1 atom stereocenters. The number of aromatic nitrogens is 2. The van der Waals surface area contributed by atoms with E-state index in [1.807, 2.05) is 19.1 Å². The van der Waals surface area contributed by atoms with Gasteiger partial charge < -0.3 is 15.6 Å². The summed E-state index contributed by atoms with van der Waals surface area (Å²) in [7, 11) is 0. The van der Waals surface area contributed by atoms with Crippen molar-refractivity contribution in [2.24, 2.45) is 5.73 Å². The molecule has 0 radical (unpaired) electrons. The van der Waals surface area contributed by atoms with Crippen LogP contribution in [0, 0.1) is 6.92 Å². The predicted octanol–water partition coefficient (Wildman–Crippen LogP) is 4.32. The quantitative estimate of drug-likeness (QED) is 0.575. The molecule has 0 aliphatic rings. The second kappa shape index (κ2) is 8.71. The van der Waals surface area contributed by atoms with Gasteiger partial charge in [0.15, 0.2) is 0 Å². The Kier molecular flexibility index (Phi) is 6.44. The molecular weight excluding hydrogens is 415 g/mol. The van der Waals surface area contributed by atoms with Crippen LogP contribution in [0.3, 0.4) is 0 Å². The summed E-state index contributed by atoms with van der Waals surface area (Å²) in [5.74, 6) is 0.590. The van der Waals surface area contributed by atoms with Gasteiger partial charge in [-0.1, -0.05) is 29.5 Å². The molecule has 0 saturated carbocycles. The molecule has 3 rings (SSSR count). The van der Waals surface area contributed by atoms with E-state index >= 15 is 0 Å². The van der Waals surface area contributed by atoms with Crippen LogP contribution >= 0.6 is 11.3 Å². The minimum absolute atomic E-state index is 0.123. The molecule has 0 amide bonds. The number of nitrogens with two attached hydrogens (primary N) is 1. The standard InChI is InChI=1S/C21H22F3N3O2S/c1-13-11-15(18-26-27-19(30-18)20(2,25)12-28)7-8-17(13)29-10-9-14-5-3-4-6-16(14)21(22,23)24/h3-8,11,28H,9-10,12,25H2,1-2H3/t20-/m0/s1. The molecular formula is C21H22F3N3O2S. The van der Waals surface area contributed by atoms with Crippen LogP contribution in [0.2, 0.25) is 0 Å². The molecule has 0 fully saturated rings. The lowest BCUT2D eigenvalue weighted by molar-refractivity contribution is -0.138. The smallest absolute Gasteiger partial charge is 0.416 e. The largest absolute Gasteiger partial charge is 0.493 e. The third-order valence-corrected chi connectivity index (χ3v) is 5.87. The van der Waals surface area contributed by atoms with Crippen LogP contribution in [0.15, 0.2) is 42.5 Å². The summed E-state index contributed by atoms with van der Waals surface area (Å²) < 4.78 is 45.0. The third-order valence-electron chi connectivity index (χ3n) is 4.62. The van der Waals surface area contributed by atoms with E-state index in [9.17, 15) is 18.3 Å². The molecule has 160 valence electrons. The maximum absolute atomic E-state index is 13.1. The van der Waals surface area contributed by atoms with E-state index in [-0.39, 0.29) is 25.2 Å². The Bertz CT molecular complexity index is 1020. The minimum Gasteiger partial charge on any atom is -0.493 e. The van der Waals surface area contributed by atoms with E-state index in [4.69, 9.17) is 10.5 Å². The number of hydrogen-bond donors (Lipinski definition) is 2. The summed E-state index contributed by atoms with van der Waals surface area (Å²) in [5.41, 5.74) is 6.24. The van der Waals surface area contributed by atoms with Crippen molar-refractivity contribution in [3.63, 3.8) is 0 Å². The van der Waals surface area contributed by atoms with Crippen molar-refractivity contribution in [1.82, 2.24) is 10.2 Å². The minimum atomic E-state index is -4.38. The monoisotopic (exact) mass is 437 g/mol. The lowest BCUT2D eigenvalue weighted by Gasteiger charge is -2.16. The zero-order valence-corrected chi connectivity index (χ0v) is 17.3. The highest BCUT2D eigenvalue weighted by Gasteiger charge is 2.32. The highest BCUT2D eigenvalue weighted by Crippen LogP contribution is 2.33. The van der Waals surface area contributed by atoms with Crippen LogP contribution in [0.4, 0.5) is 13.2 Å². The summed E-state index contributed by atoms with van der Waals surface area (Å²) in [5, 5.41) is 18.7. The van der Waals surface area contributed by atoms with Gasteiger partial charge in [-0.05, 0) is 49.2 Å². The SMILES string of the molecule is Cc1cc(-c2nnc([C@@](C)(N)CO)s2)ccc1OCCc1ccccc1C(F)(F)F. The molecule has 30 heavy (non-hydrogen) atoms. The fourth-order valence-electron chi connectivity index (χ4n) is 2.87. The Morgan fingerprint density at radius 1 is 1.13 bits per heavy atom. The highest BCUT2D eigenvalue weighted by atomic mass is 32.1. The molecule has 3 aromatic rings. The normalized spacial score (nSPS) is 13.8. The van der Waals surface area contributed by atoms with E-state index in [0.717, 1.165) is 17.2 Å². The lowest BCUT2D eigenvalue weighted by Crippen LogP contribution is -2.36. The summed E-state index contributed by atoms with van der Waals surface area (Å²) in [6.45, 7) is 3.41. The van der Waals surface area contributed by atoms with Gasteiger partial charge in [0.05, 0.1) is 24.3 Å². The molecule has 3 N–H and O–H groups in total. The van der Waals surface area contributed by atoms with E-state index in [0.29, 0.717) is 15.8 Å². The Morgan fingerprint density at radius 2 is 1.87 bits per heavy atom. The Morgan fingerprint density at radius 3 is 2.53 bits per heavy atom. The van der Waals surface area contributed by atoms with Crippen molar-refractivity contribution >= 4 is 11.3 Å². The number of rotatable bonds is 7. The summed E-state index contributed by atoms with van der Waals surface area (Å²) in [6.07, 6.45) is -4.24.